The Morgan fingerprint density at radius 2 is 2.19 bits per heavy atom. The Labute approximate surface area is 96.4 Å². The van der Waals surface area contributed by atoms with Crippen molar-refractivity contribution in [2.75, 3.05) is 32.0 Å². The number of pyridine rings is 1. The van der Waals surface area contributed by atoms with E-state index in [4.69, 9.17) is 10.5 Å². The summed E-state index contributed by atoms with van der Waals surface area (Å²) in [7, 11) is 0. The molecule has 0 aromatic carbocycles. The standard InChI is InChI=1S/C12H19N3O/c1-10-8-11(13)9-14-12(10)16-7-6-15-4-2-3-5-15/h8-9H,2-7,13H2,1H3. The van der Waals surface area contributed by atoms with Crippen molar-refractivity contribution in [2.24, 2.45) is 0 Å². The summed E-state index contributed by atoms with van der Waals surface area (Å²) in [5, 5.41) is 0. The molecule has 88 valence electrons. The van der Waals surface area contributed by atoms with Gasteiger partial charge in [0.1, 0.15) is 6.61 Å². The van der Waals surface area contributed by atoms with E-state index in [-0.39, 0.29) is 0 Å². The molecule has 1 aromatic rings. The van der Waals surface area contributed by atoms with Gasteiger partial charge in [0, 0.05) is 12.1 Å². The lowest BCUT2D eigenvalue weighted by Crippen LogP contribution is -2.25. The van der Waals surface area contributed by atoms with Gasteiger partial charge >= 0.3 is 0 Å². The normalized spacial score (nSPS) is 16.6. The van der Waals surface area contributed by atoms with E-state index >= 15 is 0 Å². The van der Waals surface area contributed by atoms with Gasteiger partial charge in [-0.1, -0.05) is 0 Å². The zero-order valence-electron chi connectivity index (χ0n) is 9.78. The van der Waals surface area contributed by atoms with Crippen molar-refractivity contribution in [3.05, 3.63) is 17.8 Å². The van der Waals surface area contributed by atoms with Gasteiger partial charge in [0.2, 0.25) is 5.88 Å². The Balaban J connectivity index is 1.80. The minimum absolute atomic E-state index is 0.685. The Bertz CT molecular complexity index is 348. The molecule has 0 spiro atoms. The average molecular weight is 221 g/mol. The van der Waals surface area contributed by atoms with Gasteiger partial charge in [-0.05, 0) is 38.9 Å². The summed E-state index contributed by atoms with van der Waals surface area (Å²) in [6.45, 7) is 6.08. The maximum Gasteiger partial charge on any atom is 0.216 e. The lowest BCUT2D eigenvalue weighted by atomic mass is 10.3. The van der Waals surface area contributed by atoms with E-state index in [0.717, 1.165) is 12.1 Å². The van der Waals surface area contributed by atoms with E-state index in [1.807, 2.05) is 13.0 Å². The Kier molecular flexibility index (Phi) is 3.62. The number of likely N-dealkylation sites (tertiary alicyclic amines) is 1. The number of nitrogens with zero attached hydrogens (tertiary/aromatic N) is 2. The van der Waals surface area contributed by atoms with E-state index in [1.165, 1.54) is 25.9 Å². The van der Waals surface area contributed by atoms with Crippen LogP contribution < -0.4 is 10.5 Å². The van der Waals surface area contributed by atoms with Crippen LogP contribution in [0.4, 0.5) is 5.69 Å². The molecular weight excluding hydrogens is 202 g/mol. The fourth-order valence-corrected chi connectivity index (χ4v) is 2.01. The van der Waals surface area contributed by atoms with Gasteiger partial charge in [0.05, 0.1) is 11.9 Å². The molecule has 1 fully saturated rings. The maximum atomic E-state index is 5.65. The largest absolute Gasteiger partial charge is 0.476 e. The van der Waals surface area contributed by atoms with Gasteiger partial charge in [-0.25, -0.2) is 4.98 Å². The first-order valence-electron chi connectivity index (χ1n) is 5.83. The van der Waals surface area contributed by atoms with Crippen LogP contribution in [0.5, 0.6) is 5.88 Å². The zero-order chi connectivity index (χ0) is 11.4. The Morgan fingerprint density at radius 3 is 2.88 bits per heavy atom. The summed E-state index contributed by atoms with van der Waals surface area (Å²) < 4.78 is 5.65. The van der Waals surface area contributed by atoms with Crippen LogP contribution in [-0.4, -0.2) is 36.1 Å². The quantitative estimate of drug-likeness (QED) is 0.836. The first kappa shape index (κ1) is 11.2. The summed E-state index contributed by atoms with van der Waals surface area (Å²) in [6, 6.07) is 1.89. The lowest BCUT2D eigenvalue weighted by Gasteiger charge is -2.15. The van der Waals surface area contributed by atoms with Gasteiger partial charge < -0.3 is 10.5 Å². The second-order valence-electron chi connectivity index (χ2n) is 4.29. The third-order valence-corrected chi connectivity index (χ3v) is 2.90. The molecule has 0 saturated carbocycles. The van der Waals surface area contributed by atoms with Crippen molar-refractivity contribution in [3.63, 3.8) is 0 Å². The average Bonchev–Trinajstić information content (AvgIpc) is 2.74. The van der Waals surface area contributed by atoms with Gasteiger partial charge in [-0.2, -0.15) is 0 Å². The van der Waals surface area contributed by atoms with E-state index in [9.17, 15) is 0 Å². The molecular formula is C12H19N3O. The fraction of sp³-hybridized carbons (Fsp3) is 0.583. The predicted octanol–water partition coefficient (Wildman–Crippen LogP) is 1.45. The minimum Gasteiger partial charge on any atom is -0.476 e. The third-order valence-electron chi connectivity index (χ3n) is 2.90. The van der Waals surface area contributed by atoms with Crippen LogP contribution in [0.3, 0.4) is 0 Å². The highest BCUT2D eigenvalue weighted by Gasteiger charge is 2.11. The molecule has 16 heavy (non-hydrogen) atoms. The molecule has 4 nitrogen and oxygen atoms in total. The first-order chi connectivity index (χ1) is 7.75. The molecule has 0 radical (unpaired) electrons. The van der Waals surface area contributed by atoms with Crippen molar-refractivity contribution in [3.8, 4) is 5.88 Å². The first-order valence-corrected chi connectivity index (χ1v) is 5.83. The summed E-state index contributed by atoms with van der Waals surface area (Å²) in [6.07, 6.45) is 4.27. The van der Waals surface area contributed by atoms with E-state index in [1.54, 1.807) is 6.20 Å². The summed E-state index contributed by atoms with van der Waals surface area (Å²) >= 11 is 0. The molecule has 0 unspecified atom stereocenters. The number of ether oxygens (including phenoxy) is 1. The van der Waals surface area contributed by atoms with Crippen molar-refractivity contribution in [1.29, 1.82) is 0 Å². The van der Waals surface area contributed by atoms with E-state index < -0.39 is 0 Å². The smallest absolute Gasteiger partial charge is 0.216 e. The van der Waals surface area contributed by atoms with Crippen molar-refractivity contribution in [2.45, 2.75) is 19.8 Å². The van der Waals surface area contributed by atoms with Crippen LogP contribution in [0, 0.1) is 6.92 Å². The van der Waals surface area contributed by atoms with Crippen LogP contribution >= 0.6 is 0 Å². The molecule has 0 bridgehead atoms. The number of rotatable bonds is 4. The van der Waals surface area contributed by atoms with Gasteiger partial charge in [0.15, 0.2) is 0 Å². The van der Waals surface area contributed by atoms with Gasteiger partial charge in [-0.15, -0.1) is 0 Å². The molecule has 1 saturated heterocycles. The highest BCUT2D eigenvalue weighted by atomic mass is 16.5. The molecule has 0 amide bonds. The van der Waals surface area contributed by atoms with Crippen molar-refractivity contribution >= 4 is 5.69 Å². The molecule has 1 aromatic heterocycles. The zero-order valence-corrected chi connectivity index (χ0v) is 9.78. The van der Waals surface area contributed by atoms with E-state index in [2.05, 4.69) is 9.88 Å². The second-order valence-corrected chi connectivity index (χ2v) is 4.29. The fourth-order valence-electron chi connectivity index (χ4n) is 2.01. The molecule has 2 N–H and O–H groups in total. The predicted molar refractivity (Wildman–Crippen MR) is 64.6 cm³/mol. The number of nitrogens with two attached hydrogens (primary N) is 1. The van der Waals surface area contributed by atoms with Crippen molar-refractivity contribution < 1.29 is 4.74 Å². The third kappa shape index (κ3) is 2.85. The number of hydrogen-bond donors (Lipinski definition) is 1. The second kappa shape index (κ2) is 5.16. The summed E-state index contributed by atoms with van der Waals surface area (Å²) in [5.74, 6) is 0.702. The maximum absolute atomic E-state index is 5.65. The number of anilines is 1. The van der Waals surface area contributed by atoms with Crippen molar-refractivity contribution in [1.82, 2.24) is 9.88 Å². The highest BCUT2D eigenvalue weighted by molar-refractivity contribution is 5.41. The Morgan fingerprint density at radius 1 is 1.44 bits per heavy atom. The molecule has 1 aliphatic heterocycles. The summed E-state index contributed by atoms with van der Waals surface area (Å²) in [4.78, 5) is 6.60. The number of aromatic nitrogens is 1. The Hall–Kier alpha value is -1.29. The highest BCUT2D eigenvalue weighted by Crippen LogP contribution is 2.16. The van der Waals surface area contributed by atoms with Crippen LogP contribution in [-0.2, 0) is 0 Å². The van der Waals surface area contributed by atoms with Gasteiger partial charge in [-0.3, -0.25) is 4.90 Å². The van der Waals surface area contributed by atoms with E-state index in [0.29, 0.717) is 18.2 Å². The van der Waals surface area contributed by atoms with Crippen LogP contribution in [0.25, 0.3) is 0 Å². The molecule has 1 aliphatic rings. The molecule has 0 aliphatic carbocycles. The van der Waals surface area contributed by atoms with Crippen LogP contribution in [0.1, 0.15) is 18.4 Å². The number of nitrogen functional groups attached to an aromatic ring is 1. The molecule has 2 heterocycles. The summed E-state index contributed by atoms with van der Waals surface area (Å²) in [5.41, 5.74) is 7.32. The molecule has 0 atom stereocenters. The van der Waals surface area contributed by atoms with Crippen LogP contribution in [0.15, 0.2) is 12.3 Å². The number of aryl methyl sites for hydroxylation is 1. The SMILES string of the molecule is Cc1cc(N)cnc1OCCN1CCCC1. The van der Waals surface area contributed by atoms with Crippen LogP contribution in [0.2, 0.25) is 0 Å². The lowest BCUT2D eigenvalue weighted by molar-refractivity contribution is 0.231. The monoisotopic (exact) mass is 221 g/mol. The molecule has 2 rings (SSSR count). The number of hydrogen-bond acceptors (Lipinski definition) is 4. The topological polar surface area (TPSA) is 51.4 Å². The minimum atomic E-state index is 0.685. The van der Waals surface area contributed by atoms with Gasteiger partial charge in [0.25, 0.3) is 0 Å². The molecule has 4 heteroatoms.